The number of H-pyrrole nitrogens is 1. The maximum absolute atomic E-state index is 12.0. The molecule has 6 nitrogen and oxygen atoms in total. The van der Waals surface area contributed by atoms with Crippen LogP contribution in [0.4, 0.5) is 0 Å². The molecular weight excluding hydrogens is 374 g/mol. The van der Waals surface area contributed by atoms with Gasteiger partial charge in [-0.1, -0.05) is 30.7 Å². The van der Waals surface area contributed by atoms with E-state index in [1.807, 2.05) is 42.2 Å². The van der Waals surface area contributed by atoms with Gasteiger partial charge in [-0.3, -0.25) is 9.89 Å². The quantitative estimate of drug-likeness (QED) is 0.714. The minimum absolute atomic E-state index is 0.225. The van der Waals surface area contributed by atoms with Gasteiger partial charge in [0, 0.05) is 52.8 Å². The summed E-state index contributed by atoms with van der Waals surface area (Å²) in [5, 5.41) is 16.6. The summed E-state index contributed by atoms with van der Waals surface area (Å²) in [4.78, 5) is 14.0. The number of hydrogen-bond acceptors (Lipinski definition) is 4. The lowest BCUT2D eigenvalue weighted by Gasteiger charge is -2.31. The van der Waals surface area contributed by atoms with Crippen molar-refractivity contribution in [3.8, 4) is 22.4 Å². The Morgan fingerprint density at radius 3 is 2.54 bits per heavy atom. The van der Waals surface area contributed by atoms with E-state index in [2.05, 4.69) is 20.4 Å². The number of likely N-dealkylation sites (tertiary alicyclic amines) is 1. The third-order valence-electron chi connectivity index (χ3n) is 5.34. The van der Waals surface area contributed by atoms with E-state index >= 15 is 0 Å². The Morgan fingerprint density at radius 2 is 1.89 bits per heavy atom. The molecule has 1 N–H and O–H groups in total. The molecule has 0 spiro atoms. The molecule has 1 aliphatic rings. The van der Waals surface area contributed by atoms with Crippen LogP contribution in [-0.4, -0.2) is 44.3 Å². The molecule has 1 amide bonds. The van der Waals surface area contributed by atoms with Crippen LogP contribution in [0.2, 0.25) is 5.02 Å². The standard InChI is InChI=1S/C21H22ClN5O/c1-2-18(28)27-11-8-15(9-12-27)21-19(16-7-10-23-24-13-16)20(25-26-21)14-3-5-17(22)6-4-14/h3-7,10,13,15H,2,8-9,11-12H2,1H3,(H,25,26). The van der Waals surface area contributed by atoms with Crippen molar-refractivity contribution < 1.29 is 4.79 Å². The van der Waals surface area contributed by atoms with Crippen molar-refractivity contribution in [3.05, 3.63) is 53.4 Å². The van der Waals surface area contributed by atoms with Crippen molar-refractivity contribution in [1.82, 2.24) is 25.3 Å². The van der Waals surface area contributed by atoms with Crippen LogP contribution < -0.4 is 0 Å². The Morgan fingerprint density at radius 1 is 1.14 bits per heavy atom. The number of halogens is 1. The first-order chi connectivity index (χ1) is 13.7. The van der Waals surface area contributed by atoms with Gasteiger partial charge in [0.2, 0.25) is 5.91 Å². The zero-order valence-corrected chi connectivity index (χ0v) is 16.5. The lowest BCUT2D eigenvalue weighted by atomic mass is 9.88. The number of benzene rings is 1. The summed E-state index contributed by atoms with van der Waals surface area (Å²) in [6.07, 6.45) is 5.85. The van der Waals surface area contributed by atoms with Crippen molar-refractivity contribution >= 4 is 17.5 Å². The summed E-state index contributed by atoms with van der Waals surface area (Å²) in [6, 6.07) is 9.64. The number of aromatic amines is 1. The van der Waals surface area contributed by atoms with Gasteiger partial charge in [0.05, 0.1) is 12.4 Å². The van der Waals surface area contributed by atoms with Crippen LogP contribution in [0.5, 0.6) is 0 Å². The normalized spacial score (nSPS) is 15.0. The van der Waals surface area contributed by atoms with Crippen molar-refractivity contribution in [2.45, 2.75) is 32.1 Å². The van der Waals surface area contributed by atoms with Crippen LogP contribution in [-0.2, 0) is 4.79 Å². The highest BCUT2D eigenvalue weighted by Gasteiger charge is 2.28. The fourth-order valence-corrected chi connectivity index (χ4v) is 3.97. The Hall–Kier alpha value is -2.73. The van der Waals surface area contributed by atoms with Gasteiger partial charge < -0.3 is 4.90 Å². The summed E-state index contributed by atoms with van der Waals surface area (Å²) >= 11 is 6.06. The number of rotatable bonds is 4. The van der Waals surface area contributed by atoms with Crippen molar-refractivity contribution in [3.63, 3.8) is 0 Å². The summed E-state index contributed by atoms with van der Waals surface area (Å²) in [7, 11) is 0. The van der Waals surface area contributed by atoms with Gasteiger partial charge in [-0.25, -0.2) is 0 Å². The Bertz CT molecular complexity index is 947. The predicted molar refractivity (Wildman–Crippen MR) is 109 cm³/mol. The summed E-state index contributed by atoms with van der Waals surface area (Å²) < 4.78 is 0. The SMILES string of the molecule is CCC(=O)N1CCC(c2[nH]nc(-c3ccc(Cl)cc3)c2-c2ccnnc2)CC1. The molecule has 0 unspecified atom stereocenters. The fourth-order valence-electron chi connectivity index (χ4n) is 3.84. The van der Waals surface area contributed by atoms with Crippen LogP contribution >= 0.6 is 11.6 Å². The summed E-state index contributed by atoms with van der Waals surface area (Å²) in [5.74, 6) is 0.543. The van der Waals surface area contributed by atoms with Gasteiger partial charge in [0.25, 0.3) is 0 Å². The Labute approximate surface area is 168 Å². The lowest BCUT2D eigenvalue weighted by Crippen LogP contribution is -2.37. The summed E-state index contributed by atoms with van der Waals surface area (Å²) in [6.45, 7) is 3.47. The maximum atomic E-state index is 12.0. The molecule has 0 saturated carbocycles. The van der Waals surface area contributed by atoms with Gasteiger partial charge >= 0.3 is 0 Å². The third kappa shape index (κ3) is 3.64. The number of piperidine rings is 1. The number of carbonyl (C=O) groups is 1. The summed E-state index contributed by atoms with van der Waals surface area (Å²) in [5.41, 5.74) is 5.01. The second kappa shape index (κ2) is 8.10. The monoisotopic (exact) mass is 395 g/mol. The fraction of sp³-hybridized carbons (Fsp3) is 0.333. The van der Waals surface area contributed by atoms with E-state index in [4.69, 9.17) is 11.6 Å². The molecule has 4 rings (SSSR count). The number of carbonyl (C=O) groups excluding carboxylic acids is 1. The highest BCUT2D eigenvalue weighted by atomic mass is 35.5. The molecule has 1 fully saturated rings. The zero-order chi connectivity index (χ0) is 19.5. The first kappa shape index (κ1) is 18.6. The minimum Gasteiger partial charge on any atom is -0.343 e. The highest BCUT2D eigenvalue weighted by Crippen LogP contribution is 2.39. The van der Waals surface area contributed by atoms with Gasteiger partial charge in [0.1, 0.15) is 5.69 Å². The molecule has 2 aromatic heterocycles. The van der Waals surface area contributed by atoms with Crippen LogP contribution in [0.15, 0.2) is 42.7 Å². The van der Waals surface area contributed by atoms with E-state index in [1.165, 1.54) is 0 Å². The molecule has 1 aromatic carbocycles. The topological polar surface area (TPSA) is 74.8 Å². The zero-order valence-electron chi connectivity index (χ0n) is 15.7. The predicted octanol–water partition coefficient (Wildman–Crippen LogP) is 4.30. The smallest absolute Gasteiger partial charge is 0.222 e. The van der Waals surface area contributed by atoms with Gasteiger partial charge in [-0.2, -0.15) is 15.3 Å². The number of amides is 1. The van der Waals surface area contributed by atoms with E-state index in [0.29, 0.717) is 17.4 Å². The molecule has 3 aromatic rings. The van der Waals surface area contributed by atoms with Crippen molar-refractivity contribution in [2.24, 2.45) is 0 Å². The van der Waals surface area contributed by atoms with Gasteiger partial charge in [0.15, 0.2) is 0 Å². The molecular formula is C21H22ClN5O. The van der Waals surface area contributed by atoms with Gasteiger partial charge in [-0.05, 0) is 31.0 Å². The number of aromatic nitrogens is 4. The molecule has 0 bridgehead atoms. The molecule has 0 aliphatic carbocycles. The van der Waals surface area contributed by atoms with E-state index in [1.54, 1.807) is 12.4 Å². The molecule has 1 aliphatic heterocycles. The third-order valence-corrected chi connectivity index (χ3v) is 5.60. The number of hydrogen-bond donors (Lipinski definition) is 1. The first-order valence-electron chi connectivity index (χ1n) is 9.56. The molecule has 28 heavy (non-hydrogen) atoms. The molecule has 1 saturated heterocycles. The number of nitrogens with one attached hydrogen (secondary N) is 1. The average molecular weight is 396 g/mol. The lowest BCUT2D eigenvalue weighted by molar-refractivity contribution is -0.131. The number of nitrogens with zero attached hydrogens (tertiary/aromatic N) is 4. The van der Waals surface area contributed by atoms with Crippen molar-refractivity contribution in [1.29, 1.82) is 0 Å². The largest absolute Gasteiger partial charge is 0.343 e. The van der Waals surface area contributed by atoms with E-state index < -0.39 is 0 Å². The van der Waals surface area contributed by atoms with Crippen LogP contribution in [0.1, 0.15) is 37.8 Å². The maximum Gasteiger partial charge on any atom is 0.222 e. The minimum atomic E-state index is 0.225. The van der Waals surface area contributed by atoms with Crippen LogP contribution in [0, 0.1) is 0 Å². The molecule has 0 atom stereocenters. The van der Waals surface area contributed by atoms with Crippen LogP contribution in [0.25, 0.3) is 22.4 Å². The first-order valence-corrected chi connectivity index (χ1v) is 9.94. The van der Waals surface area contributed by atoms with Crippen molar-refractivity contribution in [2.75, 3.05) is 13.1 Å². The Balaban J connectivity index is 1.70. The Kier molecular flexibility index (Phi) is 5.39. The van der Waals surface area contributed by atoms with E-state index in [0.717, 1.165) is 54.0 Å². The van der Waals surface area contributed by atoms with E-state index in [-0.39, 0.29) is 5.91 Å². The molecule has 3 heterocycles. The second-order valence-electron chi connectivity index (χ2n) is 7.01. The van der Waals surface area contributed by atoms with Crippen LogP contribution in [0.3, 0.4) is 0 Å². The molecule has 0 radical (unpaired) electrons. The average Bonchev–Trinajstić information content (AvgIpc) is 3.19. The highest BCUT2D eigenvalue weighted by molar-refractivity contribution is 6.30. The second-order valence-corrected chi connectivity index (χ2v) is 7.44. The van der Waals surface area contributed by atoms with Gasteiger partial charge in [-0.15, -0.1) is 0 Å². The molecule has 144 valence electrons. The molecule has 7 heteroatoms. The van der Waals surface area contributed by atoms with E-state index in [9.17, 15) is 4.79 Å².